The van der Waals surface area contributed by atoms with Crippen molar-refractivity contribution >= 4 is 23.5 Å². The topological polar surface area (TPSA) is 106 Å². The van der Waals surface area contributed by atoms with Crippen LogP contribution in [0.3, 0.4) is 0 Å². The number of aromatic nitrogens is 1. The van der Waals surface area contributed by atoms with Gasteiger partial charge in [0.15, 0.2) is 0 Å². The first-order chi connectivity index (χ1) is 14.1. The minimum atomic E-state index is -4.85. The van der Waals surface area contributed by atoms with Crippen LogP contribution in [0, 0.1) is 0 Å². The molecular weight excluding hydrogens is 405 g/mol. The van der Waals surface area contributed by atoms with Crippen molar-refractivity contribution in [2.24, 2.45) is 5.73 Å². The zero-order valence-electron chi connectivity index (χ0n) is 15.3. The molecule has 2 N–H and O–H groups in total. The van der Waals surface area contributed by atoms with Gasteiger partial charge in [0, 0.05) is 18.9 Å². The van der Waals surface area contributed by atoms with Crippen LogP contribution in [0.2, 0.25) is 0 Å². The van der Waals surface area contributed by atoms with Gasteiger partial charge in [-0.3, -0.25) is 14.6 Å². The van der Waals surface area contributed by atoms with E-state index >= 15 is 0 Å². The number of nitrogens with two attached hydrogens (primary N) is 1. The highest BCUT2D eigenvalue weighted by Gasteiger charge is 2.65. The lowest BCUT2D eigenvalue weighted by atomic mass is 10.1. The van der Waals surface area contributed by atoms with Gasteiger partial charge in [0.25, 0.3) is 11.8 Å². The molecule has 0 radical (unpaired) electrons. The summed E-state index contributed by atoms with van der Waals surface area (Å²) in [6.45, 7) is -0.0306. The maximum atomic E-state index is 13.1. The Morgan fingerprint density at radius 3 is 2.40 bits per heavy atom. The molecule has 11 heteroatoms. The zero-order chi connectivity index (χ0) is 21.7. The van der Waals surface area contributed by atoms with Crippen LogP contribution in [0.5, 0.6) is 5.75 Å². The molecule has 4 amide bonds. The van der Waals surface area contributed by atoms with E-state index in [1.807, 2.05) is 0 Å². The number of hydrogen-bond donors (Lipinski definition) is 1. The number of alkyl halides is 3. The molecule has 2 aromatic rings. The summed E-state index contributed by atoms with van der Waals surface area (Å²) in [5, 5.41) is 0. The molecule has 0 unspecified atom stereocenters. The van der Waals surface area contributed by atoms with Crippen LogP contribution >= 0.6 is 0 Å². The molecule has 2 aliphatic rings. The van der Waals surface area contributed by atoms with Crippen LogP contribution in [0.15, 0.2) is 42.7 Å². The second kappa shape index (κ2) is 6.71. The average molecular weight is 420 g/mol. The Kier molecular flexibility index (Phi) is 4.40. The number of hydrogen-bond acceptors (Lipinski definition) is 5. The number of ether oxygens (including phenoxy) is 1. The van der Waals surface area contributed by atoms with Crippen LogP contribution < -0.4 is 15.4 Å². The fourth-order valence-corrected chi connectivity index (χ4v) is 3.51. The second-order valence-corrected chi connectivity index (χ2v) is 6.98. The molecule has 1 spiro atoms. The molecule has 0 atom stereocenters. The number of carbonyl (C=O) groups is 3. The van der Waals surface area contributed by atoms with Gasteiger partial charge >= 0.3 is 12.4 Å². The summed E-state index contributed by atoms with van der Waals surface area (Å²) in [6.07, 6.45) is -1.23. The van der Waals surface area contributed by atoms with E-state index < -0.39 is 35.5 Å². The van der Waals surface area contributed by atoms with Crippen molar-refractivity contribution < 1.29 is 32.3 Å². The largest absolute Gasteiger partial charge is 0.573 e. The van der Waals surface area contributed by atoms with Crippen molar-refractivity contribution in [3.05, 3.63) is 53.9 Å². The highest BCUT2D eigenvalue weighted by Crippen LogP contribution is 2.49. The molecule has 156 valence electrons. The molecule has 0 bridgehead atoms. The SMILES string of the molecule is NC(=O)c1cnccc1CN1C(=O)N(c2ccc(OC(F)(F)F)cc2)C(=O)C12CC2. The molecular formula is C19H15F3N4O4. The van der Waals surface area contributed by atoms with Crippen molar-refractivity contribution in [1.29, 1.82) is 0 Å². The Balaban J connectivity index is 1.62. The summed E-state index contributed by atoms with van der Waals surface area (Å²) >= 11 is 0. The summed E-state index contributed by atoms with van der Waals surface area (Å²) < 4.78 is 40.8. The number of halogens is 3. The number of nitrogens with zero attached hydrogens (tertiary/aromatic N) is 3. The fraction of sp³-hybridized carbons (Fsp3) is 0.263. The van der Waals surface area contributed by atoms with Gasteiger partial charge in [-0.05, 0) is 48.7 Å². The van der Waals surface area contributed by atoms with Gasteiger partial charge < -0.3 is 15.4 Å². The molecule has 1 saturated heterocycles. The van der Waals surface area contributed by atoms with Crippen molar-refractivity contribution in [3.8, 4) is 5.75 Å². The summed E-state index contributed by atoms with van der Waals surface area (Å²) in [5.41, 5.74) is 5.04. The summed E-state index contributed by atoms with van der Waals surface area (Å²) in [6, 6.07) is 5.38. The predicted octanol–water partition coefficient (Wildman–Crippen LogP) is 2.58. The lowest BCUT2D eigenvalue weighted by Crippen LogP contribution is -2.37. The van der Waals surface area contributed by atoms with Gasteiger partial charge in [0.1, 0.15) is 11.3 Å². The van der Waals surface area contributed by atoms with Crippen LogP contribution in [-0.4, -0.2) is 39.6 Å². The molecule has 1 saturated carbocycles. The maximum Gasteiger partial charge on any atom is 0.573 e. The lowest BCUT2D eigenvalue weighted by molar-refractivity contribution is -0.274. The van der Waals surface area contributed by atoms with Gasteiger partial charge in [-0.25, -0.2) is 9.69 Å². The number of pyridine rings is 1. The summed E-state index contributed by atoms with van der Waals surface area (Å²) in [4.78, 5) is 43.8. The first kappa shape index (κ1) is 19.7. The van der Waals surface area contributed by atoms with Crippen molar-refractivity contribution in [3.63, 3.8) is 0 Å². The number of rotatable bonds is 5. The normalized spacial score (nSPS) is 17.6. The number of carbonyl (C=O) groups excluding carboxylic acids is 3. The lowest BCUT2D eigenvalue weighted by Gasteiger charge is -2.22. The third kappa shape index (κ3) is 3.31. The van der Waals surface area contributed by atoms with E-state index in [1.165, 1.54) is 29.4 Å². The number of amides is 4. The van der Waals surface area contributed by atoms with E-state index in [1.54, 1.807) is 6.07 Å². The zero-order valence-corrected chi connectivity index (χ0v) is 15.3. The highest BCUT2D eigenvalue weighted by molar-refractivity contribution is 6.24. The average Bonchev–Trinajstić information content (AvgIpc) is 3.45. The third-order valence-corrected chi connectivity index (χ3v) is 5.10. The smallest absolute Gasteiger partial charge is 0.406 e. The number of primary amides is 1. The van der Waals surface area contributed by atoms with Gasteiger partial charge in [-0.15, -0.1) is 13.2 Å². The highest BCUT2D eigenvalue weighted by atomic mass is 19.4. The number of anilines is 1. The molecule has 4 rings (SSSR count). The fourth-order valence-electron chi connectivity index (χ4n) is 3.51. The Labute approximate surface area is 168 Å². The monoisotopic (exact) mass is 420 g/mol. The van der Waals surface area contributed by atoms with Crippen LogP contribution in [0.4, 0.5) is 23.7 Å². The summed E-state index contributed by atoms with van der Waals surface area (Å²) in [7, 11) is 0. The molecule has 1 aromatic heterocycles. The molecule has 2 fully saturated rings. The van der Waals surface area contributed by atoms with E-state index in [-0.39, 0.29) is 17.8 Å². The Hall–Kier alpha value is -3.63. The predicted molar refractivity (Wildman–Crippen MR) is 96.3 cm³/mol. The van der Waals surface area contributed by atoms with Gasteiger partial charge in [-0.2, -0.15) is 0 Å². The second-order valence-electron chi connectivity index (χ2n) is 6.98. The van der Waals surface area contributed by atoms with Crippen molar-refractivity contribution in [1.82, 2.24) is 9.88 Å². The van der Waals surface area contributed by atoms with Crippen LogP contribution in [0.1, 0.15) is 28.8 Å². The van der Waals surface area contributed by atoms with Gasteiger partial charge in [-0.1, -0.05) is 0 Å². The van der Waals surface area contributed by atoms with E-state index in [2.05, 4.69) is 9.72 Å². The van der Waals surface area contributed by atoms with Crippen LogP contribution in [-0.2, 0) is 11.3 Å². The van der Waals surface area contributed by atoms with E-state index in [0.717, 1.165) is 17.0 Å². The minimum absolute atomic E-state index is 0.0306. The summed E-state index contributed by atoms with van der Waals surface area (Å²) in [5.74, 6) is -1.64. The minimum Gasteiger partial charge on any atom is -0.406 e. The Bertz CT molecular complexity index is 1030. The maximum absolute atomic E-state index is 13.1. The molecule has 30 heavy (non-hydrogen) atoms. The van der Waals surface area contributed by atoms with Crippen molar-refractivity contribution in [2.75, 3.05) is 4.90 Å². The Morgan fingerprint density at radius 1 is 1.17 bits per heavy atom. The van der Waals surface area contributed by atoms with Crippen molar-refractivity contribution in [2.45, 2.75) is 31.3 Å². The first-order valence-corrected chi connectivity index (χ1v) is 8.87. The third-order valence-electron chi connectivity index (χ3n) is 5.10. The Morgan fingerprint density at radius 2 is 1.83 bits per heavy atom. The number of urea groups is 1. The van der Waals surface area contributed by atoms with E-state index in [0.29, 0.717) is 18.4 Å². The van der Waals surface area contributed by atoms with Crippen LogP contribution in [0.25, 0.3) is 0 Å². The molecule has 1 aromatic carbocycles. The quantitative estimate of drug-likeness (QED) is 0.749. The number of imide groups is 1. The van der Waals surface area contributed by atoms with E-state index in [4.69, 9.17) is 5.73 Å². The molecule has 2 heterocycles. The van der Waals surface area contributed by atoms with E-state index in [9.17, 15) is 27.6 Å². The molecule has 1 aliphatic carbocycles. The van der Waals surface area contributed by atoms with Gasteiger partial charge in [0.05, 0.1) is 11.3 Å². The standard InChI is InChI=1S/C19H15F3N4O4/c20-19(21,22)30-13-3-1-12(2-4-13)26-16(28)18(6-7-18)25(17(26)29)10-11-5-8-24-9-14(11)15(23)27/h1-5,8-9H,6-7,10H2,(H2,23,27). The first-order valence-electron chi connectivity index (χ1n) is 8.87. The molecule has 8 nitrogen and oxygen atoms in total. The number of benzene rings is 1. The molecule has 1 aliphatic heterocycles. The van der Waals surface area contributed by atoms with Gasteiger partial charge in [0.2, 0.25) is 0 Å².